The van der Waals surface area contributed by atoms with Gasteiger partial charge in [0.15, 0.2) is 0 Å². The van der Waals surface area contributed by atoms with E-state index in [2.05, 4.69) is 5.32 Å². The van der Waals surface area contributed by atoms with E-state index in [0.29, 0.717) is 22.8 Å². The number of sulfonamides is 1. The van der Waals surface area contributed by atoms with Crippen LogP contribution in [0.25, 0.3) is 0 Å². The molecule has 0 saturated carbocycles. The molecule has 236 valence electrons. The third kappa shape index (κ3) is 8.86. The van der Waals surface area contributed by atoms with Crippen LogP contribution in [-0.2, 0) is 32.6 Å². The lowest BCUT2D eigenvalue weighted by atomic mass is 10.0. The number of ether oxygens (including phenoxy) is 1. The number of rotatable bonds is 14. The lowest BCUT2D eigenvalue weighted by Crippen LogP contribution is -2.54. The van der Waals surface area contributed by atoms with E-state index in [-0.39, 0.29) is 35.5 Å². The summed E-state index contributed by atoms with van der Waals surface area (Å²) in [6.45, 7) is 3.35. The highest BCUT2D eigenvalue weighted by Crippen LogP contribution is 2.27. The Labute approximate surface area is 270 Å². The van der Waals surface area contributed by atoms with E-state index in [1.165, 1.54) is 24.1 Å². The van der Waals surface area contributed by atoms with Gasteiger partial charge in [-0.3, -0.25) is 13.9 Å². The summed E-state index contributed by atoms with van der Waals surface area (Å²) < 4.78 is 34.5. The number of halogens is 1. The van der Waals surface area contributed by atoms with Crippen LogP contribution in [0.1, 0.15) is 31.4 Å². The quantitative estimate of drug-likeness (QED) is 0.179. The molecule has 4 rings (SSSR count). The number of hydrogen-bond donors (Lipinski definition) is 1. The molecule has 45 heavy (non-hydrogen) atoms. The van der Waals surface area contributed by atoms with Gasteiger partial charge in [-0.05, 0) is 73.0 Å². The zero-order valence-corrected chi connectivity index (χ0v) is 27.2. The minimum Gasteiger partial charge on any atom is -0.497 e. The van der Waals surface area contributed by atoms with Crippen molar-refractivity contribution < 1.29 is 22.7 Å². The van der Waals surface area contributed by atoms with Crippen molar-refractivity contribution in [2.24, 2.45) is 0 Å². The van der Waals surface area contributed by atoms with E-state index in [4.69, 9.17) is 16.3 Å². The normalized spacial score (nSPS) is 12.5. The van der Waals surface area contributed by atoms with E-state index in [1.807, 2.05) is 50.2 Å². The third-order valence-electron chi connectivity index (χ3n) is 7.48. The average Bonchev–Trinajstić information content (AvgIpc) is 3.06. The lowest BCUT2D eigenvalue weighted by molar-refractivity contribution is -0.140. The summed E-state index contributed by atoms with van der Waals surface area (Å²) in [5, 5.41) is 3.51. The van der Waals surface area contributed by atoms with Crippen LogP contribution in [0.5, 0.6) is 5.75 Å². The van der Waals surface area contributed by atoms with Gasteiger partial charge in [0.25, 0.3) is 10.0 Å². The molecule has 0 aliphatic carbocycles. The topological polar surface area (TPSA) is 96.0 Å². The predicted molar refractivity (Wildman–Crippen MR) is 178 cm³/mol. The molecule has 0 spiro atoms. The van der Waals surface area contributed by atoms with E-state index >= 15 is 0 Å². The molecule has 2 atom stereocenters. The zero-order valence-electron chi connectivity index (χ0n) is 25.6. The van der Waals surface area contributed by atoms with Crippen molar-refractivity contribution in [2.75, 3.05) is 18.0 Å². The van der Waals surface area contributed by atoms with Gasteiger partial charge >= 0.3 is 0 Å². The maximum Gasteiger partial charge on any atom is 0.264 e. The summed E-state index contributed by atoms with van der Waals surface area (Å²) in [6, 6.07) is 29.8. The SMILES string of the molecule is CC[C@H](C)NC(=O)[C@@H](Cc1ccccc1)N(Cc1cccc(Cl)c1)C(=O)CN(c1ccc(OC)cc1)S(=O)(=O)c1ccccc1. The van der Waals surface area contributed by atoms with Crippen molar-refractivity contribution in [1.29, 1.82) is 0 Å². The van der Waals surface area contributed by atoms with Gasteiger partial charge < -0.3 is 15.0 Å². The molecule has 0 fully saturated rings. The lowest BCUT2D eigenvalue weighted by Gasteiger charge is -2.34. The first-order valence-corrected chi connectivity index (χ1v) is 16.5. The summed E-state index contributed by atoms with van der Waals surface area (Å²) >= 11 is 6.30. The van der Waals surface area contributed by atoms with Crippen LogP contribution in [-0.4, -0.2) is 50.9 Å². The smallest absolute Gasteiger partial charge is 0.264 e. The van der Waals surface area contributed by atoms with Gasteiger partial charge in [0.05, 0.1) is 17.7 Å². The number of methoxy groups -OCH3 is 1. The Kier molecular flexibility index (Phi) is 11.6. The Morgan fingerprint density at radius 1 is 0.867 bits per heavy atom. The highest BCUT2D eigenvalue weighted by molar-refractivity contribution is 7.92. The first-order chi connectivity index (χ1) is 21.6. The zero-order chi connectivity index (χ0) is 32.4. The van der Waals surface area contributed by atoms with Crippen LogP contribution >= 0.6 is 11.6 Å². The summed E-state index contributed by atoms with van der Waals surface area (Å²) in [4.78, 5) is 29.9. The second-order valence-corrected chi connectivity index (χ2v) is 13.0. The number of carbonyl (C=O) groups excluding carboxylic acids is 2. The number of nitrogens with zero attached hydrogens (tertiary/aromatic N) is 2. The van der Waals surface area contributed by atoms with E-state index < -0.39 is 28.5 Å². The Bertz CT molecular complexity index is 1670. The fourth-order valence-corrected chi connectivity index (χ4v) is 6.47. The monoisotopic (exact) mass is 647 g/mol. The van der Waals surface area contributed by atoms with Gasteiger partial charge in [-0.25, -0.2) is 8.42 Å². The number of nitrogens with one attached hydrogen (secondary N) is 1. The van der Waals surface area contributed by atoms with Gasteiger partial charge in [0.2, 0.25) is 11.8 Å². The number of carbonyl (C=O) groups is 2. The predicted octanol–water partition coefficient (Wildman–Crippen LogP) is 6.10. The fraction of sp³-hybridized carbons (Fsp3) is 0.257. The number of benzene rings is 4. The molecule has 0 unspecified atom stereocenters. The molecule has 0 aliphatic heterocycles. The summed E-state index contributed by atoms with van der Waals surface area (Å²) in [7, 11) is -2.67. The molecule has 0 saturated heterocycles. The first kappa shape index (κ1) is 33.6. The van der Waals surface area contributed by atoms with Gasteiger partial charge in [0, 0.05) is 24.0 Å². The molecule has 0 radical (unpaired) electrons. The summed E-state index contributed by atoms with van der Waals surface area (Å²) in [5.74, 6) is -0.342. The molecule has 4 aromatic rings. The summed E-state index contributed by atoms with van der Waals surface area (Å²) in [5.41, 5.74) is 1.83. The molecule has 4 aromatic carbocycles. The first-order valence-electron chi connectivity index (χ1n) is 14.7. The molecular weight excluding hydrogens is 610 g/mol. The van der Waals surface area contributed by atoms with Gasteiger partial charge in [-0.2, -0.15) is 0 Å². The van der Waals surface area contributed by atoms with Crippen LogP contribution in [0.15, 0.2) is 114 Å². The van der Waals surface area contributed by atoms with E-state index in [1.54, 1.807) is 60.7 Å². The Morgan fingerprint density at radius 2 is 1.49 bits per heavy atom. The molecule has 0 aromatic heterocycles. The highest BCUT2D eigenvalue weighted by Gasteiger charge is 2.35. The second-order valence-electron chi connectivity index (χ2n) is 10.7. The molecule has 0 heterocycles. The van der Waals surface area contributed by atoms with Crippen LogP contribution < -0.4 is 14.4 Å². The van der Waals surface area contributed by atoms with Crippen molar-refractivity contribution in [3.8, 4) is 5.75 Å². The average molecular weight is 648 g/mol. The highest BCUT2D eigenvalue weighted by atomic mass is 35.5. The minimum atomic E-state index is -4.19. The molecule has 0 bridgehead atoms. The van der Waals surface area contributed by atoms with Crippen LogP contribution in [0.4, 0.5) is 5.69 Å². The van der Waals surface area contributed by atoms with Crippen molar-refractivity contribution in [3.05, 3.63) is 125 Å². The van der Waals surface area contributed by atoms with Gasteiger partial charge in [-0.15, -0.1) is 0 Å². The maximum atomic E-state index is 14.5. The van der Waals surface area contributed by atoms with Crippen molar-refractivity contribution in [2.45, 2.75) is 50.2 Å². The number of amides is 2. The molecule has 0 aliphatic rings. The Morgan fingerprint density at radius 3 is 2.09 bits per heavy atom. The number of anilines is 1. The standard InChI is InChI=1S/C35H38ClN3O5S/c1-4-26(2)37-35(41)33(23-27-12-7-5-8-13-27)38(24-28-14-11-15-29(36)22-28)34(40)25-39(30-18-20-31(44-3)21-19-30)45(42,43)32-16-9-6-10-17-32/h5-22,26,33H,4,23-25H2,1-3H3,(H,37,41)/t26-,33+/m0/s1. The molecule has 2 amide bonds. The summed E-state index contributed by atoms with van der Waals surface area (Å²) in [6.07, 6.45) is 0.927. The molecule has 1 N–H and O–H groups in total. The molecule has 10 heteroatoms. The molecule has 8 nitrogen and oxygen atoms in total. The van der Waals surface area contributed by atoms with Crippen LogP contribution in [0.3, 0.4) is 0 Å². The fourth-order valence-electron chi connectivity index (χ4n) is 4.82. The van der Waals surface area contributed by atoms with E-state index in [0.717, 1.165) is 9.87 Å². The Balaban J connectivity index is 1.80. The largest absolute Gasteiger partial charge is 0.497 e. The third-order valence-corrected chi connectivity index (χ3v) is 9.51. The number of hydrogen-bond acceptors (Lipinski definition) is 5. The second kappa shape index (κ2) is 15.6. The van der Waals surface area contributed by atoms with Crippen LogP contribution in [0, 0.1) is 0 Å². The maximum absolute atomic E-state index is 14.5. The van der Waals surface area contributed by atoms with Crippen molar-refractivity contribution in [3.63, 3.8) is 0 Å². The van der Waals surface area contributed by atoms with Crippen LogP contribution in [0.2, 0.25) is 5.02 Å². The van der Waals surface area contributed by atoms with Gasteiger partial charge in [-0.1, -0.05) is 79.2 Å². The molecular formula is C35H38ClN3O5S. The Hall–Kier alpha value is -4.34. The van der Waals surface area contributed by atoms with Crippen molar-refractivity contribution >= 4 is 39.1 Å². The van der Waals surface area contributed by atoms with Crippen molar-refractivity contribution in [1.82, 2.24) is 10.2 Å². The van der Waals surface area contributed by atoms with Gasteiger partial charge in [0.1, 0.15) is 18.3 Å². The minimum absolute atomic E-state index is 0.0327. The van der Waals surface area contributed by atoms with E-state index in [9.17, 15) is 18.0 Å².